The number of methoxy groups -OCH3 is 1. The molecule has 2 bridgehead atoms. The van der Waals surface area contributed by atoms with E-state index < -0.39 is 0 Å². The summed E-state index contributed by atoms with van der Waals surface area (Å²) in [7, 11) is 1.50. The Morgan fingerprint density at radius 2 is 1.94 bits per heavy atom. The van der Waals surface area contributed by atoms with E-state index in [1.165, 1.54) is 7.11 Å². The first-order chi connectivity index (χ1) is 16.5. The number of imidazole rings is 1. The highest BCUT2D eigenvalue weighted by molar-refractivity contribution is 5.77. The molecule has 9 nitrogen and oxygen atoms in total. The van der Waals surface area contributed by atoms with Crippen molar-refractivity contribution in [2.24, 2.45) is 5.41 Å². The predicted molar refractivity (Wildman–Crippen MR) is 126 cm³/mol. The van der Waals surface area contributed by atoms with Crippen molar-refractivity contribution in [1.29, 1.82) is 0 Å². The molecule has 3 aliphatic carbocycles. The highest BCUT2D eigenvalue weighted by atomic mass is 16.5. The van der Waals surface area contributed by atoms with Crippen LogP contribution in [0.15, 0.2) is 24.4 Å². The van der Waals surface area contributed by atoms with Gasteiger partial charge in [0.1, 0.15) is 23.4 Å². The van der Waals surface area contributed by atoms with Crippen molar-refractivity contribution in [3.05, 3.63) is 30.1 Å². The second-order valence-corrected chi connectivity index (χ2v) is 10.2. The van der Waals surface area contributed by atoms with Gasteiger partial charge in [-0.25, -0.2) is 14.2 Å². The molecule has 4 aliphatic rings. The summed E-state index contributed by atoms with van der Waals surface area (Å²) in [6, 6.07) is 6.07. The third kappa shape index (κ3) is 3.48. The quantitative estimate of drug-likeness (QED) is 0.563. The molecular formula is C25H32N6O3. The molecule has 7 rings (SSSR count). The Balaban J connectivity index is 1.26. The van der Waals surface area contributed by atoms with Crippen molar-refractivity contribution in [3.63, 3.8) is 0 Å². The van der Waals surface area contributed by atoms with Crippen LogP contribution in [0.2, 0.25) is 0 Å². The number of carbonyl (C=O) groups excluding carboxylic acids is 1. The molecule has 1 saturated heterocycles. The van der Waals surface area contributed by atoms with Gasteiger partial charge in [0.05, 0.1) is 18.7 Å². The van der Waals surface area contributed by atoms with Gasteiger partial charge in [0.25, 0.3) is 0 Å². The Bertz CT molecular complexity index is 1200. The highest BCUT2D eigenvalue weighted by Crippen LogP contribution is 2.53. The maximum atomic E-state index is 12.3. The van der Waals surface area contributed by atoms with Gasteiger partial charge in [-0.3, -0.25) is 4.79 Å². The Morgan fingerprint density at radius 1 is 1.15 bits per heavy atom. The number of ether oxygens (including phenoxy) is 2. The van der Waals surface area contributed by atoms with Crippen molar-refractivity contribution < 1.29 is 14.3 Å². The number of hydrogen-bond acceptors (Lipinski definition) is 7. The van der Waals surface area contributed by atoms with E-state index in [1.54, 1.807) is 0 Å². The van der Waals surface area contributed by atoms with Crippen LogP contribution in [0.3, 0.4) is 0 Å². The van der Waals surface area contributed by atoms with Gasteiger partial charge in [-0.1, -0.05) is 0 Å². The molecule has 0 aromatic carbocycles. The maximum absolute atomic E-state index is 12.3. The minimum absolute atomic E-state index is 0.000634. The van der Waals surface area contributed by atoms with E-state index in [4.69, 9.17) is 19.7 Å². The lowest BCUT2D eigenvalue weighted by atomic mass is 9.57. The van der Waals surface area contributed by atoms with E-state index in [9.17, 15) is 4.79 Å². The van der Waals surface area contributed by atoms with Crippen LogP contribution in [0.5, 0.6) is 0 Å². The number of rotatable bonds is 5. The first-order valence-electron chi connectivity index (χ1n) is 12.4. The van der Waals surface area contributed by atoms with Gasteiger partial charge >= 0.3 is 5.97 Å². The third-order valence-electron chi connectivity index (χ3n) is 8.23. The average Bonchev–Trinajstić information content (AvgIpc) is 3.48. The van der Waals surface area contributed by atoms with Crippen LogP contribution in [0.25, 0.3) is 17.0 Å². The first kappa shape index (κ1) is 21.6. The zero-order chi connectivity index (χ0) is 23.3. The second-order valence-electron chi connectivity index (χ2n) is 10.2. The van der Waals surface area contributed by atoms with Gasteiger partial charge in [-0.2, -0.15) is 5.10 Å². The molecule has 1 unspecified atom stereocenters. The molecule has 0 radical (unpaired) electrons. The van der Waals surface area contributed by atoms with Crippen molar-refractivity contribution in [2.45, 2.75) is 76.5 Å². The summed E-state index contributed by atoms with van der Waals surface area (Å²) in [4.78, 5) is 16.9. The minimum Gasteiger partial charge on any atom is -0.469 e. The van der Waals surface area contributed by atoms with Gasteiger partial charge in [0, 0.05) is 17.8 Å². The molecule has 3 aromatic rings. The standard InChI is InChI=1S/C25H32N6O3/c1-17-15-18(28-30(17)22-5-3-4-14-34-22)19-16-26-21-7-6-20(29-31(19)21)27-25-11-8-24(9-12-25,10-13-25)23(32)33-2/h6-7,15-16,22H,3-5,8-14H2,1-2H3,(H,27,29). The molecule has 4 fully saturated rings. The molecule has 34 heavy (non-hydrogen) atoms. The van der Waals surface area contributed by atoms with Crippen LogP contribution in [0.4, 0.5) is 5.82 Å². The summed E-state index contributed by atoms with van der Waals surface area (Å²) in [5, 5.41) is 13.5. The van der Waals surface area contributed by atoms with E-state index in [0.717, 1.165) is 92.9 Å². The molecular weight excluding hydrogens is 432 g/mol. The van der Waals surface area contributed by atoms with E-state index in [-0.39, 0.29) is 23.2 Å². The molecule has 9 heteroatoms. The Morgan fingerprint density at radius 3 is 2.65 bits per heavy atom. The lowest BCUT2D eigenvalue weighted by Gasteiger charge is -2.52. The zero-order valence-electron chi connectivity index (χ0n) is 19.9. The number of aryl methyl sites for hydroxylation is 1. The predicted octanol–water partition coefficient (Wildman–Crippen LogP) is 4.28. The molecule has 1 N–H and O–H groups in total. The lowest BCUT2D eigenvalue weighted by Crippen LogP contribution is -2.53. The Labute approximate surface area is 198 Å². The van der Waals surface area contributed by atoms with Crippen LogP contribution in [0, 0.1) is 12.3 Å². The van der Waals surface area contributed by atoms with Gasteiger partial charge in [0.15, 0.2) is 5.65 Å². The van der Waals surface area contributed by atoms with Crippen LogP contribution < -0.4 is 5.32 Å². The fraction of sp³-hybridized carbons (Fsp3) is 0.600. The lowest BCUT2D eigenvalue weighted by molar-refractivity contribution is -0.159. The number of anilines is 1. The minimum atomic E-state index is -0.286. The number of aromatic nitrogens is 5. The maximum Gasteiger partial charge on any atom is 0.311 e. The van der Waals surface area contributed by atoms with Crippen molar-refractivity contribution in [2.75, 3.05) is 19.0 Å². The fourth-order valence-electron chi connectivity index (χ4n) is 6.10. The second kappa shape index (κ2) is 8.08. The zero-order valence-corrected chi connectivity index (χ0v) is 19.9. The van der Waals surface area contributed by atoms with Gasteiger partial charge < -0.3 is 14.8 Å². The van der Waals surface area contributed by atoms with E-state index in [1.807, 2.05) is 27.5 Å². The highest BCUT2D eigenvalue weighted by Gasteiger charge is 2.53. The molecule has 1 atom stereocenters. The van der Waals surface area contributed by atoms with Crippen molar-refractivity contribution in [1.82, 2.24) is 24.4 Å². The van der Waals surface area contributed by atoms with Crippen LogP contribution >= 0.6 is 0 Å². The van der Waals surface area contributed by atoms with Crippen LogP contribution in [-0.2, 0) is 14.3 Å². The normalized spacial score (nSPS) is 28.8. The number of hydrogen-bond donors (Lipinski definition) is 1. The van der Waals surface area contributed by atoms with E-state index in [2.05, 4.69) is 23.3 Å². The van der Waals surface area contributed by atoms with Crippen LogP contribution in [0.1, 0.15) is 69.7 Å². The van der Waals surface area contributed by atoms with E-state index >= 15 is 0 Å². The smallest absolute Gasteiger partial charge is 0.311 e. The SMILES string of the molecule is COC(=O)C12CCC(Nc3ccc4ncc(-c5cc(C)n(C6CCCCO6)n5)n4n3)(CC1)CC2. The Hall–Kier alpha value is -2.94. The average molecular weight is 465 g/mol. The van der Waals surface area contributed by atoms with E-state index in [0.29, 0.717) is 0 Å². The van der Waals surface area contributed by atoms with Crippen LogP contribution in [-0.4, -0.2) is 49.6 Å². The molecule has 1 aliphatic heterocycles. The molecule has 4 heterocycles. The summed E-state index contributed by atoms with van der Waals surface area (Å²) in [5.74, 6) is 0.780. The van der Waals surface area contributed by atoms with Gasteiger partial charge in [-0.05, 0) is 82.9 Å². The van der Waals surface area contributed by atoms with Crippen molar-refractivity contribution >= 4 is 17.4 Å². The molecule has 3 saturated carbocycles. The monoisotopic (exact) mass is 464 g/mol. The largest absolute Gasteiger partial charge is 0.469 e. The number of nitrogens with one attached hydrogen (secondary N) is 1. The number of carbonyl (C=O) groups is 1. The molecule has 0 amide bonds. The summed E-state index contributed by atoms with van der Waals surface area (Å²) >= 11 is 0. The topological polar surface area (TPSA) is 95.6 Å². The summed E-state index contributed by atoms with van der Waals surface area (Å²) < 4.78 is 14.9. The summed E-state index contributed by atoms with van der Waals surface area (Å²) in [5.41, 5.74) is 3.27. The first-order valence-corrected chi connectivity index (χ1v) is 12.4. The number of fused-ring (bicyclic) bond motifs is 4. The molecule has 0 spiro atoms. The summed E-state index contributed by atoms with van der Waals surface area (Å²) in [6.45, 7) is 2.85. The summed E-state index contributed by atoms with van der Waals surface area (Å²) in [6.07, 6.45) is 10.5. The van der Waals surface area contributed by atoms with Crippen molar-refractivity contribution in [3.8, 4) is 11.4 Å². The molecule has 3 aromatic heterocycles. The number of nitrogens with zero attached hydrogens (tertiary/aromatic N) is 5. The van der Waals surface area contributed by atoms with Gasteiger partial charge in [0.2, 0.25) is 0 Å². The fourth-order valence-corrected chi connectivity index (χ4v) is 6.10. The molecule has 180 valence electrons. The third-order valence-corrected chi connectivity index (χ3v) is 8.23. The van der Waals surface area contributed by atoms with Gasteiger partial charge in [-0.15, -0.1) is 5.10 Å². The Kier molecular flexibility index (Phi) is 5.13. The number of esters is 1.